The standard InChI is InChI=1S/C28H28ClN5O4/c29-24-8-3-5-20(15-24)17-31-27(36)28(16-22-6-1-2-7-23(22)18-32-34-30)19-38-26(33-28)21-9-11-25(12-10-21)37-14-4-13-35/h1-3,5-12,15,35H,4,13-14,16-19H2,(H,31,36)/t28-/m1/s1. The number of nitrogens with one attached hydrogen (secondary N) is 1. The SMILES string of the molecule is [N-]=[N+]=NCc1ccccc1C[C@]1(C(=O)NCc2cccc(Cl)c2)COC(c2ccc(OCCCO)cc2)=N1. The molecular weight excluding hydrogens is 506 g/mol. The van der Waals surface area contributed by atoms with Crippen LogP contribution in [0.1, 0.15) is 28.7 Å². The second-order valence-electron chi connectivity index (χ2n) is 8.83. The first-order valence-corrected chi connectivity index (χ1v) is 12.6. The fraction of sp³-hybridized carbons (Fsp3) is 0.286. The van der Waals surface area contributed by atoms with Crippen LogP contribution in [0.5, 0.6) is 5.75 Å². The molecule has 9 nitrogen and oxygen atoms in total. The molecule has 196 valence electrons. The number of aliphatic imine (C=N–C) groups is 1. The molecular formula is C28H28ClN5O4. The zero-order valence-electron chi connectivity index (χ0n) is 20.7. The van der Waals surface area contributed by atoms with Crippen molar-refractivity contribution < 1.29 is 19.4 Å². The number of carbonyl (C=O) groups is 1. The molecule has 1 atom stereocenters. The summed E-state index contributed by atoms with van der Waals surface area (Å²) < 4.78 is 11.6. The molecule has 1 heterocycles. The van der Waals surface area contributed by atoms with Gasteiger partial charge in [-0.05, 0) is 58.6 Å². The third-order valence-electron chi connectivity index (χ3n) is 6.11. The van der Waals surface area contributed by atoms with E-state index in [1.807, 2.05) is 48.5 Å². The van der Waals surface area contributed by atoms with Crippen molar-refractivity contribution in [1.82, 2.24) is 5.32 Å². The summed E-state index contributed by atoms with van der Waals surface area (Å²) in [6.07, 6.45) is 0.808. The molecule has 1 aliphatic heterocycles. The second kappa shape index (κ2) is 13.0. The molecule has 0 unspecified atom stereocenters. The number of halogens is 1. The van der Waals surface area contributed by atoms with Crippen LogP contribution in [0, 0.1) is 0 Å². The third kappa shape index (κ3) is 6.83. The number of amides is 1. The molecule has 4 rings (SSSR count). The molecule has 0 aliphatic carbocycles. The van der Waals surface area contributed by atoms with Crippen LogP contribution in [0.4, 0.5) is 0 Å². The zero-order chi connectivity index (χ0) is 26.8. The van der Waals surface area contributed by atoms with Gasteiger partial charge in [-0.2, -0.15) is 0 Å². The average molecular weight is 534 g/mol. The van der Waals surface area contributed by atoms with Crippen LogP contribution in [0.3, 0.4) is 0 Å². The summed E-state index contributed by atoms with van der Waals surface area (Å²) in [7, 11) is 0. The number of ether oxygens (including phenoxy) is 2. The van der Waals surface area contributed by atoms with E-state index >= 15 is 0 Å². The molecule has 1 aliphatic rings. The Balaban J connectivity index is 1.61. The highest BCUT2D eigenvalue weighted by Gasteiger charge is 2.44. The van der Waals surface area contributed by atoms with Gasteiger partial charge >= 0.3 is 0 Å². The van der Waals surface area contributed by atoms with E-state index in [9.17, 15) is 4.79 Å². The molecule has 3 aromatic carbocycles. The van der Waals surface area contributed by atoms with Gasteiger partial charge in [-0.25, -0.2) is 4.99 Å². The minimum atomic E-state index is -1.23. The van der Waals surface area contributed by atoms with Gasteiger partial charge in [-0.3, -0.25) is 4.79 Å². The van der Waals surface area contributed by atoms with Gasteiger partial charge in [0.1, 0.15) is 12.4 Å². The maximum absolute atomic E-state index is 13.7. The molecule has 0 saturated heterocycles. The first kappa shape index (κ1) is 27.0. The van der Waals surface area contributed by atoms with Gasteiger partial charge in [-0.1, -0.05) is 53.1 Å². The number of carbonyl (C=O) groups excluding carboxylic acids is 1. The normalized spacial score (nSPS) is 16.2. The maximum Gasteiger partial charge on any atom is 0.252 e. The molecule has 0 saturated carbocycles. The smallest absolute Gasteiger partial charge is 0.252 e. The summed E-state index contributed by atoms with van der Waals surface area (Å²) in [5, 5.41) is 16.2. The molecule has 10 heteroatoms. The van der Waals surface area contributed by atoms with Crippen molar-refractivity contribution in [2.45, 2.75) is 31.5 Å². The number of aliphatic hydroxyl groups excluding tert-OH is 1. The van der Waals surface area contributed by atoms with Gasteiger partial charge in [0.15, 0.2) is 5.54 Å². The highest BCUT2D eigenvalue weighted by molar-refractivity contribution is 6.30. The molecule has 0 fully saturated rings. The fourth-order valence-corrected chi connectivity index (χ4v) is 4.34. The Morgan fingerprint density at radius 2 is 1.95 bits per heavy atom. The quantitative estimate of drug-likeness (QED) is 0.147. The monoisotopic (exact) mass is 533 g/mol. The summed E-state index contributed by atoms with van der Waals surface area (Å²) in [5.41, 5.74) is 10.8. The number of azide groups is 1. The van der Waals surface area contributed by atoms with Gasteiger partial charge in [0, 0.05) is 41.5 Å². The van der Waals surface area contributed by atoms with E-state index in [4.69, 9.17) is 36.7 Å². The van der Waals surface area contributed by atoms with E-state index < -0.39 is 5.54 Å². The van der Waals surface area contributed by atoms with Crippen LogP contribution in [0.25, 0.3) is 10.4 Å². The Labute approximate surface area is 225 Å². The number of benzene rings is 3. The van der Waals surface area contributed by atoms with Crippen LogP contribution in [-0.4, -0.2) is 42.3 Å². The third-order valence-corrected chi connectivity index (χ3v) is 6.34. The van der Waals surface area contributed by atoms with E-state index in [2.05, 4.69) is 15.3 Å². The first-order chi connectivity index (χ1) is 18.5. The lowest BCUT2D eigenvalue weighted by atomic mass is 9.89. The molecule has 2 N–H and O–H groups in total. The molecule has 0 aromatic heterocycles. The van der Waals surface area contributed by atoms with Crippen LogP contribution < -0.4 is 10.1 Å². The molecule has 3 aromatic rings. The van der Waals surface area contributed by atoms with Crippen LogP contribution >= 0.6 is 11.6 Å². The fourth-order valence-electron chi connectivity index (χ4n) is 4.13. The van der Waals surface area contributed by atoms with E-state index in [1.54, 1.807) is 24.3 Å². The van der Waals surface area contributed by atoms with Crippen molar-refractivity contribution in [2.75, 3.05) is 19.8 Å². The Bertz CT molecular complexity index is 1340. The summed E-state index contributed by atoms with van der Waals surface area (Å²) in [6.45, 7) is 0.983. The Hall–Kier alpha value is -4.04. The summed E-state index contributed by atoms with van der Waals surface area (Å²) >= 11 is 6.11. The van der Waals surface area contributed by atoms with E-state index in [1.165, 1.54) is 0 Å². The van der Waals surface area contributed by atoms with Crippen molar-refractivity contribution in [1.29, 1.82) is 0 Å². The molecule has 0 spiro atoms. The largest absolute Gasteiger partial charge is 0.494 e. The van der Waals surface area contributed by atoms with Crippen molar-refractivity contribution in [3.63, 3.8) is 0 Å². The zero-order valence-corrected chi connectivity index (χ0v) is 21.5. The maximum atomic E-state index is 13.7. The number of hydrogen-bond donors (Lipinski definition) is 2. The van der Waals surface area contributed by atoms with Crippen LogP contribution in [0.15, 0.2) is 82.9 Å². The highest BCUT2D eigenvalue weighted by atomic mass is 35.5. The topological polar surface area (TPSA) is 129 Å². The lowest BCUT2D eigenvalue weighted by Gasteiger charge is -2.24. The van der Waals surface area contributed by atoms with Crippen LogP contribution in [-0.2, 0) is 29.0 Å². The van der Waals surface area contributed by atoms with E-state index in [0.29, 0.717) is 35.3 Å². The Morgan fingerprint density at radius 1 is 1.16 bits per heavy atom. The molecule has 1 amide bonds. The number of hydrogen-bond acceptors (Lipinski definition) is 6. The van der Waals surface area contributed by atoms with Gasteiger partial charge in [0.05, 0.1) is 13.2 Å². The number of nitrogens with zero attached hydrogens (tertiary/aromatic N) is 4. The van der Waals surface area contributed by atoms with Crippen molar-refractivity contribution >= 4 is 23.4 Å². The molecule has 38 heavy (non-hydrogen) atoms. The van der Waals surface area contributed by atoms with Gasteiger partial charge < -0.3 is 19.9 Å². The van der Waals surface area contributed by atoms with Gasteiger partial charge in [0.2, 0.25) is 5.90 Å². The van der Waals surface area contributed by atoms with Gasteiger partial charge in [-0.15, -0.1) is 0 Å². The van der Waals surface area contributed by atoms with Crippen molar-refractivity contribution in [3.05, 3.63) is 111 Å². The first-order valence-electron chi connectivity index (χ1n) is 12.2. The molecule has 0 bridgehead atoms. The summed E-state index contributed by atoms with van der Waals surface area (Å²) in [4.78, 5) is 21.4. The number of aliphatic hydroxyl groups is 1. The van der Waals surface area contributed by atoms with Crippen molar-refractivity contribution in [3.8, 4) is 5.75 Å². The predicted molar refractivity (Wildman–Crippen MR) is 145 cm³/mol. The minimum absolute atomic E-state index is 0.0499. The van der Waals surface area contributed by atoms with Gasteiger partial charge in [0.25, 0.3) is 5.91 Å². The lowest BCUT2D eigenvalue weighted by molar-refractivity contribution is -0.126. The lowest BCUT2D eigenvalue weighted by Crippen LogP contribution is -2.48. The molecule has 0 radical (unpaired) electrons. The number of rotatable bonds is 12. The Kier molecular flexibility index (Phi) is 9.21. The Morgan fingerprint density at radius 3 is 2.68 bits per heavy atom. The van der Waals surface area contributed by atoms with E-state index in [0.717, 1.165) is 16.7 Å². The predicted octanol–water partition coefficient (Wildman–Crippen LogP) is 4.99. The van der Waals surface area contributed by atoms with Crippen molar-refractivity contribution in [2.24, 2.45) is 10.1 Å². The second-order valence-corrected chi connectivity index (χ2v) is 9.27. The summed E-state index contributed by atoms with van der Waals surface area (Å²) in [5.74, 6) is 0.741. The minimum Gasteiger partial charge on any atom is -0.494 e. The van der Waals surface area contributed by atoms with Crippen LogP contribution in [0.2, 0.25) is 5.02 Å². The highest BCUT2D eigenvalue weighted by Crippen LogP contribution is 2.29. The average Bonchev–Trinajstić information content (AvgIpc) is 3.37. The summed E-state index contributed by atoms with van der Waals surface area (Å²) in [6, 6.07) is 22.1. The van der Waals surface area contributed by atoms with E-state index in [-0.39, 0.29) is 38.6 Å².